The summed E-state index contributed by atoms with van der Waals surface area (Å²) in [6.07, 6.45) is 0. The van der Waals surface area contributed by atoms with E-state index in [0.717, 1.165) is 4.90 Å². The molecule has 1 fully saturated rings. The van der Waals surface area contributed by atoms with Crippen molar-refractivity contribution in [3.05, 3.63) is 59.7 Å². The van der Waals surface area contributed by atoms with Crippen molar-refractivity contribution in [3.63, 3.8) is 0 Å². The van der Waals surface area contributed by atoms with Crippen molar-refractivity contribution in [2.75, 3.05) is 38.1 Å². The second-order valence-electron chi connectivity index (χ2n) is 6.69. The molecule has 0 bridgehead atoms. The number of amides is 2. The van der Waals surface area contributed by atoms with Crippen molar-refractivity contribution < 1.29 is 18.0 Å². The number of nitrogens with zero attached hydrogens (tertiary/aromatic N) is 3. The first kappa shape index (κ1) is 17.8. The number of anilines is 1. The van der Waals surface area contributed by atoms with E-state index in [0.29, 0.717) is 43.0 Å². The largest absolute Gasteiger partial charge is 0.304 e. The number of carbonyl (C=O) groups excluding carboxylic acids is 2. The average Bonchev–Trinajstić information content (AvgIpc) is 2.93. The number of benzene rings is 2. The number of piperazine rings is 1. The molecular formula is C19H19N3O4S. The van der Waals surface area contributed by atoms with Crippen LogP contribution in [0.15, 0.2) is 53.4 Å². The quantitative estimate of drug-likeness (QED) is 0.747. The van der Waals surface area contributed by atoms with Gasteiger partial charge in [-0.05, 0) is 43.4 Å². The van der Waals surface area contributed by atoms with Crippen molar-refractivity contribution in [2.24, 2.45) is 0 Å². The van der Waals surface area contributed by atoms with E-state index in [4.69, 9.17) is 0 Å². The molecule has 140 valence electrons. The highest BCUT2D eigenvalue weighted by Gasteiger charge is 2.36. The molecule has 2 heterocycles. The summed E-state index contributed by atoms with van der Waals surface area (Å²) in [5.41, 5.74) is 1.08. The van der Waals surface area contributed by atoms with Crippen molar-refractivity contribution in [3.8, 4) is 0 Å². The van der Waals surface area contributed by atoms with Crippen LogP contribution in [0.4, 0.5) is 5.69 Å². The van der Waals surface area contributed by atoms with Crippen molar-refractivity contribution in [1.82, 2.24) is 9.21 Å². The van der Waals surface area contributed by atoms with Gasteiger partial charge >= 0.3 is 0 Å². The number of sulfonamides is 1. The van der Waals surface area contributed by atoms with E-state index in [-0.39, 0.29) is 4.90 Å². The smallest absolute Gasteiger partial charge is 0.266 e. The molecule has 2 aromatic carbocycles. The molecule has 0 unspecified atom stereocenters. The fourth-order valence-corrected chi connectivity index (χ4v) is 4.79. The molecule has 0 radical (unpaired) electrons. The summed E-state index contributed by atoms with van der Waals surface area (Å²) in [6.45, 7) is 2.26. The highest BCUT2D eigenvalue weighted by molar-refractivity contribution is 7.89. The summed E-state index contributed by atoms with van der Waals surface area (Å²) in [5.74, 6) is -0.796. The minimum absolute atomic E-state index is 0.160. The zero-order chi connectivity index (χ0) is 19.2. The Morgan fingerprint density at radius 1 is 0.778 bits per heavy atom. The minimum Gasteiger partial charge on any atom is -0.304 e. The first-order valence-electron chi connectivity index (χ1n) is 8.66. The highest BCUT2D eigenvalue weighted by atomic mass is 32.2. The molecule has 2 aliphatic rings. The second kappa shape index (κ2) is 6.56. The van der Waals surface area contributed by atoms with Crippen LogP contribution in [0.25, 0.3) is 0 Å². The summed E-state index contributed by atoms with van der Waals surface area (Å²) >= 11 is 0. The molecule has 0 N–H and O–H groups in total. The maximum atomic E-state index is 12.8. The Morgan fingerprint density at radius 3 is 1.81 bits per heavy atom. The number of hydrogen-bond acceptors (Lipinski definition) is 5. The minimum atomic E-state index is -3.59. The molecule has 1 saturated heterocycles. The number of carbonyl (C=O) groups is 2. The molecule has 2 amide bonds. The summed E-state index contributed by atoms with van der Waals surface area (Å²) in [6, 6.07) is 12.6. The van der Waals surface area contributed by atoms with Crippen LogP contribution in [0.2, 0.25) is 0 Å². The third kappa shape index (κ3) is 2.95. The van der Waals surface area contributed by atoms with E-state index in [1.54, 1.807) is 24.3 Å². The normalized spacial score (nSPS) is 18.8. The Hall–Kier alpha value is -2.55. The summed E-state index contributed by atoms with van der Waals surface area (Å²) in [4.78, 5) is 28.4. The molecule has 0 spiro atoms. The lowest BCUT2D eigenvalue weighted by Crippen LogP contribution is -2.47. The van der Waals surface area contributed by atoms with Gasteiger partial charge in [0.25, 0.3) is 11.8 Å². The predicted molar refractivity (Wildman–Crippen MR) is 100 cm³/mol. The Morgan fingerprint density at radius 2 is 1.30 bits per heavy atom. The first-order chi connectivity index (χ1) is 12.9. The van der Waals surface area contributed by atoms with Gasteiger partial charge in [0.15, 0.2) is 0 Å². The third-order valence-corrected chi connectivity index (χ3v) is 6.90. The summed E-state index contributed by atoms with van der Waals surface area (Å²) in [7, 11) is -1.63. The Kier molecular flexibility index (Phi) is 4.33. The fourth-order valence-electron chi connectivity index (χ4n) is 3.37. The molecule has 8 heteroatoms. The zero-order valence-corrected chi connectivity index (χ0v) is 15.6. The van der Waals surface area contributed by atoms with Gasteiger partial charge in [0.05, 0.1) is 21.7 Å². The number of imide groups is 1. The highest BCUT2D eigenvalue weighted by Crippen LogP contribution is 2.29. The Labute approximate surface area is 157 Å². The maximum Gasteiger partial charge on any atom is 0.266 e. The van der Waals surface area contributed by atoms with Gasteiger partial charge in [0.1, 0.15) is 0 Å². The van der Waals surface area contributed by atoms with Gasteiger partial charge in [-0.1, -0.05) is 12.1 Å². The van der Waals surface area contributed by atoms with Gasteiger partial charge in [-0.2, -0.15) is 4.31 Å². The zero-order valence-electron chi connectivity index (χ0n) is 14.8. The summed E-state index contributed by atoms with van der Waals surface area (Å²) < 4.78 is 27.0. The summed E-state index contributed by atoms with van der Waals surface area (Å²) in [5, 5.41) is 0. The van der Waals surface area contributed by atoms with Gasteiger partial charge in [-0.3, -0.25) is 9.59 Å². The van der Waals surface area contributed by atoms with Crippen LogP contribution in [-0.2, 0) is 10.0 Å². The van der Waals surface area contributed by atoms with E-state index in [1.807, 2.05) is 7.05 Å². The lowest BCUT2D eigenvalue weighted by molar-refractivity contribution is 0.0926. The monoisotopic (exact) mass is 385 g/mol. The molecule has 0 aromatic heterocycles. The number of hydrogen-bond donors (Lipinski definition) is 0. The lowest BCUT2D eigenvalue weighted by Gasteiger charge is -2.31. The van der Waals surface area contributed by atoms with Gasteiger partial charge in [0, 0.05) is 26.2 Å². The molecule has 0 saturated carbocycles. The first-order valence-corrected chi connectivity index (χ1v) is 10.1. The maximum absolute atomic E-state index is 12.8. The van der Waals surface area contributed by atoms with Gasteiger partial charge in [-0.25, -0.2) is 13.3 Å². The predicted octanol–water partition coefficient (Wildman–Crippen LogP) is 1.42. The molecule has 4 rings (SSSR count). The standard InChI is InChI=1S/C19H19N3O4S/c1-20-10-12-21(13-11-20)27(25,26)15-8-6-14(7-9-15)22-18(23)16-4-2-3-5-17(16)19(22)24/h2-9H,10-13H2,1H3. The van der Waals surface area contributed by atoms with Crippen molar-refractivity contribution >= 4 is 27.5 Å². The van der Waals surface area contributed by atoms with E-state index < -0.39 is 21.8 Å². The van der Waals surface area contributed by atoms with Crippen molar-refractivity contribution in [1.29, 1.82) is 0 Å². The van der Waals surface area contributed by atoms with E-state index in [2.05, 4.69) is 4.90 Å². The van der Waals surface area contributed by atoms with Gasteiger partial charge in [0.2, 0.25) is 10.0 Å². The van der Waals surface area contributed by atoms with Crippen LogP contribution in [0.3, 0.4) is 0 Å². The average molecular weight is 385 g/mol. The number of rotatable bonds is 3. The molecule has 0 aliphatic carbocycles. The SMILES string of the molecule is CN1CCN(S(=O)(=O)c2ccc(N3C(=O)c4ccccc4C3=O)cc2)CC1. The Bertz CT molecular complexity index is 975. The van der Waals surface area contributed by atoms with Gasteiger partial charge in [-0.15, -0.1) is 0 Å². The van der Waals surface area contributed by atoms with Gasteiger partial charge < -0.3 is 4.90 Å². The van der Waals surface area contributed by atoms with E-state index in [9.17, 15) is 18.0 Å². The Balaban J connectivity index is 1.60. The molecule has 27 heavy (non-hydrogen) atoms. The molecular weight excluding hydrogens is 366 g/mol. The van der Waals surface area contributed by atoms with E-state index >= 15 is 0 Å². The molecule has 7 nitrogen and oxygen atoms in total. The third-order valence-electron chi connectivity index (χ3n) is 4.99. The van der Waals surface area contributed by atoms with Crippen molar-refractivity contribution in [2.45, 2.75) is 4.90 Å². The van der Waals surface area contributed by atoms with Crippen LogP contribution in [0.1, 0.15) is 20.7 Å². The molecule has 2 aliphatic heterocycles. The second-order valence-corrected chi connectivity index (χ2v) is 8.63. The van der Waals surface area contributed by atoms with E-state index in [1.165, 1.54) is 28.6 Å². The van der Waals surface area contributed by atoms with Crippen LogP contribution in [0, 0.1) is 0 Å². The topological polar surface area (TPSA) is 78.0 Å². The number of likely N-dealkylation sites (N-methyl/N-ethyl adjacent to an activating group) is 1. The van der Waals surface area contributed by atoms with Crippen LogP contribution < -0.4 is 4.90 Å². The lowest BCUT2D eigenvalue weighted by atomic mass is 10.1. The molecule has 0 atom stereocenters. The molecule has 2 aromatic rings. The van der Waals surface area contributed by atoms with Crippen LogP contribution in [0.5, 0.6) is 0 Å². The van der Waals surface area contributed by atoms with Crippen LogP contribution >= 0.6 is 0 Å². The fraction of sp³-hybridized carbons (Fsp3) is 0.263. The number of fused-ring (bicyclic) bond motifs is 1. The van der Waals surface area contributed by atoms with Crippen LogP contribution in [-0.4, -0.2) is 62.7 Å².